The van der Waals surface area contributed by atoms with E-state index >= 15 is 0 Å². The van der Waals surface area contributed by atoms with Gasteiger partial charge in [-0.05, 0) is 12.8 Å². The molecule has 7 heteroatoms. The Labute approximate surface area is 86.6 Å². The summed E-state index contributed by atoms with van der Waals surface area (Å²) in [5.74, 6) is 0. The second-order valence-corrected chi connectivity index (χ2v) is 5.24. The quantitative estimate of drug-likeness (QED) is 0.694. The van der Waals surface area contributed by atoms with Crippen molar-refractivity contribution in [1.29, 1.82) is 0 Å². The summed E-state index contributed by atoms with van der Waals surface area (Å²) in [4.78, 5) is 0. The maximum absolute atomic E-state index is 12.3. The number of hydrogen-bond donors (Lipinski definition) is 0. The Kier molecular flexibility index (Phi) is 3.44. The average Bonchev–Trinajstić information content (AvgIpc) is 2.16. The van der Waals surface area contributed by atoms with Crippen LogP contribution < -0.4 is 0 Å². The van der Waals surface area contributed by atoms with Crippen LogP contribution in [0.2, 0.25) is 0 Å². The molecule has 0 saturated carbocycles. The zero-order valence-electron chi connectivity index (χ0n) is 8.00. The summed E-state index contributed by atoms with van der Waals surface area (Å²) in [6.07, 6.45) is 2.83. The van der Waals surface area contributed by atoms with Gasteiger partial charge in [0, 0.05) is 12.6 Å². The van der Waals surface area contributed by atoms with E-state index in [0.717, 1.165) is 6.42 Å². The molecule has 0 N–H and O–H groups in total. The van der Waals surface area contributed by atoms with Crippen LogP contribution in [0.3, 0.4) is 0 Å². The maximum Gasteiger partial charge on any atom is 0.511 e. The third-order valence-corrected chi connectivity index (χ3v) is 4.03. The fraction of sp³-hybridized carbons (Fsp3) is 0.750. The van der Waals surface area contributed by atoms with Crippen LogP contribution in [0.5, 0.6) is 0 Å². The van der Waals surface area contributed by atoms with Gasteiger partial charge >= 0.3 is 15.5 Å². The maximum atomic E-state index is 12.3. The van der Waals surface area contributed by atoms with Gasteiger partial charge in [-0.25, -0.2) is 8.42 Å². The summed E-state index contributed by atoms with van der Waals surface area (Å²) in [6, 6.07) is -0.731. The predicted molar refractivity (Wildman–Crippen MR) is 49.5 cm³/mol. The van der Waals surface area contributed by atoms with Gasteiger partial charge in [0.15, 0.2) is 0 Å². The number of nitrogens with zero attached hydrogens (tertiary/aromatic N) is 1. The molecule has 1 aliphatic heterocycles. The van der Waals surface area contributed by atoms with Crippen LogP contribution in [0.25, 0.3) is 0 Å². The second kappa shape index (κ2) is 4.13. The van der Waals surface area contributed by atoms with Crippen molar-refractivity contribution in [1.82, 2.24) is 4.31 Å². The topological polar surface area (TPSA) is 37.4 Å². The average molecular weight is 243 g/mol. The Bertz CT molecular complexity index is 336. The summed E-state index contributed by atoms with van der Waals surface area (Å²) in [5.41, 5.74) is -5.22. The molecular weight excluding hydrogens is 231 g/mol. The van der Waals surface area contributed by atoms with Gasteiger partial charge in [-0.1, -0.05) is 12.5 Å². The zero-order valence-corrected chi connectivity index (χ0v) is 8.81. The van der Waals surface area contributed by atoms with Crippen LogP contribution in [0, 0.1) is 0 Å². The van der Waals surface area contributed by atoms with Crippen molar-refractivity contribution >= 4 is 10.0 Å². The standard InChI is InChI=1S/C8H12F3NO2S/c1-2-7-5-3-4-6-12(7)15(13,14)8(9,10)11/h2,7H,1,3-6H2. The van der Waals surface area contributed by atoms with E-state index in [1.54, 1.807) is 0 Å². The molecule has 0 spiro atoms. The lowest BCUT2D eigenvalue weighted by molar-refractivity contribution is -0.0502. The van der Waals surface area contributed by atoms with E-state index in [0.29, 0.717) is 17.1 Å². The lowest BCUT2D eigenvalue weighted by Crippen LogP contribution is -2.48. The van der Waals surface area contributed by atoms with Gasteiger partial charge in [-0.3, -0.25) is 0 Å². The number of sulfonamides is 1. The van der Waals surface area contributed by atoms with Crippen molar-refractivity contribution in [2.45, 2.75) is 30.8 Å². The summed E-state index contributed by atoms with van der Waals surface area (Å²) in [7, 11) is -5.20. The molecule has 1 rings (SSSR count). The van der Waals surface area contributed by atoms with E-state index in [2.05, 4.69) is 6.58 Å². The molecule has 1 fully saturated rings. The summed E-state index contributed by atoms with van der Waals surface area (Å²) < 4.78 is 59.5. The molecule has 15 heavy (non-hydrogen) atoms. The highest BCUT2D eigenvalue weighted by Crippen LogP contribution is 2.31. The third-order valence-electron chi connectivity index (χ3n) is 2.37. The molecule has 0 radical (unpaired) electrons. The van der Waals surface area contributed by atoms with E-state index in [1.165, 1.54) is 6.08 Å². The predicted octanol–water partition coefficient (Wildman–Crippen LogP) is 1.88. The fourth-order valence-corrected chi connectivity index (χ4v) is 2.78. The van der Waals surface area contributed by atoms with E-state index in [4.69, 9.17) is 0 Å². The molecule has 0 aromatic carbocycles. The van der Waals surface area contributed by atoms with Crippen molar-refractivity contribution in [2.24, 2.45) is 0 Å². The number of piperidine rings is 1. The molecular formula is C8H12F3NO2S. The first kappa shape index (κ1) is 12.5. The van der Waals surface area contributed by atoms with Crippen molar-refractivity contribution < 1.29 is 21.6 Å². The minimum absolute atomic E-state index is 0.0848. The monoisotopic (exact) mass is 243 g/mol. The molecule has 0 aromatic rings. The highest BCUT2D eigenvalue weighted by molar-refractivity contribution is 7.90. The number of rotatable bonds is 2. The molecule has 1 aliphatic rings. The van der Waals surface area contributed by atoms with Crippen LogP contribution >= 0.6 is 0 Å². The number of halogens is 3. The van der Waals surface area contributed by atoms with Gasteiger partial charge in [-0.2, -0.15) is 17.5 Å². The first-order chi connectivity index (χ1) is 6.80. The van der Waals surface area contributed by atoms with Crippen molar-refractivity contribution in [2.75, 3.05) is 6.54 Å². The Morgan fingerprint density at radius 2 is 1.93 bits per heavy atom. The molecule has 1 unspecified atom stereocenters. The second-order valence-electron chi connectivity index (χ2n) is 3.36. The molecule has 0 amide bonds. The molecule has 3 nitrogen and oxygen atoms in total. The molecule has 0 bridgehead atoms. The third kappa shape index (κ3) is 2.34. The molecule has 1 heterocycles. The van der Waals surface area contributed by atoms with E-state index in [-0.39, 0.29) is 6.54 Å². The molecule has 0 aromatic heterocycles. The first-order valence-corrected chi connectivity index (χ1v) is 5.95. The van der Waals surface area contributed by atoms with E-state index < -0.39 is 21.6 Å². The minimum Gasteiger partial charge on any atom is -0.203 e. The van der Waals surface area contributed by atoms with E-state index in [9.17, 15) is 21.6 Å². The highest BCUT2D eigenvalue weighted by atomic mass is 32.2. The van der Waals surface area contributed by atoms with Gasteiger partial charge < -0.3 is 0 Å². The Balaban J connectivity index is 2.99. The Hall–Kier alpha value is -0.560. The van der Waals surface area contributed by atoms with Crippen molar-refractivity contribution in [3.63, 3.8) is 0 Å². The zero-order chi connectivity index (χ0) is 11.7. The first-order valence-electron chi connectivity index (χ1n) is 4.51. The van der Waals surface area contributed by atoms with Crippen LogP contribution in [0.4, 0.5) is 13.2 Å². The van der Waals surface area contributed by atoms with Crippen LogP contribution in [0.1, 0.15) is 19.3 Å². The lowest BCUT2D eigenvalue weighted by Gasteiger charge is -2.32. The van der Waals surface area contributed by atoms with Crippen LogP contribution in [-0.2, 0) is 10.0 Å². The highest BCUT2D eigenvalue weighted by Gasteiger charge is 2.51. The fourth-order valence-electron chi connectivity index (χ4n) is 1.60. The van der Waals surface area contributed by atoms with Gasteiger partial charge in [0.25, 0.3) is 0 Å². The normalized spacial score (nSPS) is 25.1. The Morgan fingerprint density at radius 3 is 2.40 bits per heavy atom. The van der Waals surface area contributed by atoms with Crippen LogP contribution in [0.15, 0.2) is 12.7 Å². The van der Waals surface area contributed by atoms with E-state index in [1.807, 2.05) is 0 Å². The smallest absolute Gasteiger partial charge is 0.203 e. The summed E-state index contributed by atoms with van der Waals surface area (Å²) >= 11 is 0. The molecule has 0 aliphatic carbocycles. The number of hydrogen-bond acceptors (Lipinski definition) is 2. The summed E-state index contributed by atoms with van der Waals surface area (Å²) in [5, 5.41) is 0. The SMILES string of the molecule is C=CC1CCCCN1S(=O)(=O)C(F)(F)F. The molecule has 88 valence electrons. The van der Waals surface area contributed by atoms with Crippen LogP contribution in [-0.4, -0.2) is 30.8 Å². The van der Waals surface area contributed by atoms with Crippen molar-refractivity contribution in [3.8, 4) is 0 Å². The van der Waals surface area contributed by atoms with Gasteiger partial charge in [-0.15, -0.1) is 6.58 Å². The molecule has 1 saturated heterocycles. The van der Waals surface area contributed by atoms with Gasteiger partial charge in [0.2, 0.25) is 0 Å². The lowest BCUT2D eigenvalue weighted by atomic mass is 10.1. The summed E-state index contributed by atoms with van der Waals surface area (Å²) in [6.45, 7) is 3.27. The molecule has 1 atom stereocenters. The largest absolute Gasteiger partial charge is 0.511 e. The number of alkyl halides is 3. The van der Waals surface area contributed by atoms with Gasteiger partial charge in [0.1, 0.15) is 0 Å². The minimum atomic E-state index is -5.22. The van der Waals surface area contributed by atoms with Gasteiger partial charge in [0.05, 0.1) is 0 Å². The van der Waals surface area contributed by atoms with Crippen molar-refractivity contribution in [3.05, 3.63) is 12.7 Å². The Morgan fingerprint density at radius 1 is 1.33 bits per heavy atom.